The monoisotopic (exact) mass is 251 g/mol. The minimum absolute atomic E-state index is 0.0854. The van der Waals surface area contributed by atoms with Gasteiger partial charge in [0.05, 0.1) is 14.2 Å². The standard InChI is InChI=1S/C14H21NO3/c1-17-12-9-10(8-11(16)13(12)18-2)14(15)6-4-3-5-7-14/h8-9,16H,3-7,15H2,1-2H3. The zero-order valence-electron chi connectivity index (χ0n) is 11.0. The fourth-order valence-electron chi connectivity index (χ4n) is 2.70. The molecule has 1 aromatic rings. The molecule has 0 bridgehead atoms. The average molecular weight is 251 g/mol. The molecular formula is C14H21NO3. The van der Waals surface area contributed by atoms with Gasteiger partial charge in [0.15, 0.2) is 11.5 Å². The number of rotatable bonds is 3. The summed E-state index contributed by atoms with van der Waals surface area (Å²) in [5, 5.41) is 9.99. The van der Waals surface area contributed by atoms with Crippen molar-refractivity contribution in [1.82, 2.24) is 0 Å². The van der Waals surface area contributed by atoms with Gasteiger partial charge in [0, 0.05) is 5.54 Å². The van der Waals surface area contributed by atoms with E-state index < -0.39 is 0 Å². The molecule has 1 aliphatic rings. The van der Waals surface area contributed by atoms with Crippen LogP contribution in [0.4, 0.5) is 0 Å². The lowest BCUT2D eigenvalue weighted by Gasteiger charge is -2.34. The number of nitrogens with two attached hydrogens (primary N) is 1. The van der Waals surface area contributed by atoms with Gasteiger partial charge in [0.1, 0.15) is 0 Å². The maximum Gasteiger partial charge on any atom is 0.203 e. The van der Waals surface area contributed by atoms with Gasteiger partial charge in [0.2, 0.25) is 5.75 Å². The summed E-state index contributed by atoms with van der Waals surface area (Å²) in [6.07, 6.45) is 5.39. The lowest BCUT2D eigenvalue weighted by atomic mass is 9.77. The first kappa shape index (κ1) is 13.0. The predicted octanol–water partition coefficient (Wildman–Crippen LogP) is 2.53. The Morgan fingerprint density at radius 3 is 2.33 bits per heavy atom. The van der Waals surface area contributed by atoms with E-state index in [9.17, 15) is 5.11 Å². The van der Waals surface area contributed by atoms with Crippen LogP contribution < -0.4 is 15.2 Å². The van der Waals surface area contributed by atoms with Crippen LogP contribution in [0.3, 0.4) is 0 Å². The minimum Gasteiger partial charge on any atom is -0.504 e. The molecule has 4 heteroatoms. The van der Waals surface area contributed by atoms with Crippen molar-refractivity contribution in [3.8, 4) is 17.2 Å². The van der Waals surface area contributed by atoms with Gasteiger partial charge >= 0.3 is 0 Å². The van der Waals surface area contributed by atoms with Gasteiger partial charge in [-0.05, 0) is 30.5 Å². The molecule has 1 saturated carbocycles. The summed E-state index contributed by atoms with van der Waals surface area (Å²) in [6, 6.07) is 3.58. The number of methoxy groups -OCH3 is 2. The van der Waals surface area contributed by atoms with E-state index >= 15 is 0 Å². The van der Waals surface area contributed by atoms with E-state index in [0.717, 1.165) is 31.2 Å². The molecule has 0 radical (unpaired) electrons. The number of benzene rings is 1. The molecule has 3 N–H and O–H groups in total. The molecule has 0 amide bonds. The van der Waals surface area contributed by atoms with Gasteiger partial charge in [-0.15, -0.1) is 0 Å². The van der Waals surface area contributed by atoms with Crippen molar-refractivity contribution >= 4 is 0 Å². The number of aromatic hydroxyl groups is 1. The SMILES string of the molecule is COc1cc(C2(N)CCCCC2)cc(O)c1OC. The second-order valence-electron chi connectivity index (χ2n) is 4.95. The summed E-state index contributed by atoms with van der Waals surface area (Å²) >= 11 is 0. The third-order valence-corrected chi connectivity index (χ3v) is 3.78. The molecule has 18 heavy (non-hydrogen) atoms. The van der Waals surface area contributed by atoms with Crippen molar-refractivity contribution in [2.45, 2.75) is 37.6 Å². The third-order valence-electron chi connectivity index (χ3n) is 3.78. The van der Waals surface area contributed by atoms with Crippen LogP contribution in [-0.2, 0) is 5.54 Å². The fraction of sp³-hybridized carbons (Fsp3) is 0.571. The Kier molecular flexibility index (Phi) is 3.66. The van der Waals surface area contributed by atoms with Gasteiger partial charge in [-0.3, -0.25) is 0 Å². The molecule has 0 heterocycles. The van der Waals surface area contributed by atoms with E-state index in [4.69, 9.17) is 15.2 Å². The normalized spacial score (nSPS) is 18.4. The molecule has 4 nitrogen and oxygen atoms in total. The lowest BCUT2D eigenvalue weighted by molar-refractivity contribution is 0.294. The Bertz CT molecular complexity index is 425. The summed E-state index contributed by atoms with van der Waals surface area (Å²) in [7, 11) is 3.07. The van der Waals surface area contributed by atoms with E-state index in [1.54, 1.807) is 13.2 Å². The van der Waals surface area contributed by atoms with Crippen molar-refractivity contribution in [1.29, 1.82) is 0 Å². The van der Waals surface area contributed by atoms with E-state index in [2.05, 4.69) is 0 Å². The molecule has 1 fully saturated rings. The maximum absolute atomic E-state index is 9.99. The highest BCUT2D eigenvalue weighted by molar-refractivity contribution is 5.54. The Morgan fingerprint density at radius 1 is 1.11 bits per heavy atom. The number of phenols is 1. The second kappa shape index (κ2) is 5.06. The molecule has 0 unspecified atom stereocenters. The van der Waals surface area contributed by atoms with Crippen LogP contribution in [0.15, 0.2) is 12.1 Å². The highest BCUT2D eigenvalue weighted by Gasteiger charge is 2.31. The average Bonchev–Trinajstić information content (AvgIpc) is 2.38. The minimum atomic E-state index is -0.352. The van der Waals surface area contributed by atoms with E-state index in [1.807, 2.05) is 6.07 Å². The Hall–Kier alpha value is -1.42. The molecule has 2 rings (SSSR count). The number of phenolic OH excluding ortho intramolecular Hbond substituents is 1. The van der Waals surface area contributed by atoms with Gasteiger partial charge < -0.3 is 20.3 Å². The van der Waals surface area contributed by atoms with Crippen LogP contribution in [-0.4, -0.2) is 19.3 Å². The smallest absolute Gasteiger partial charge is 0.203 e. The van der Waals surface area contributed by atoms with Crippen molar-refractivity contribution in [3.05, 3.63) is 17.7 Å². The molecule has 1 aliphatic carbocycles. The Morgan fingerprint density at radius 2 is 1.78 bits per heavy atom. The second-order valence-corrected chi connectivity index (χ2v) is 4.95. The van der Waals surface area contributed by atoms with Crippen LogP contribution in [0, 0.1) is 0 Å². The summed E-state index contributed by atoms with van der Waals surface area (Å²) < 4.78 is 10.4. The van der Waals surface area contributed by atoms with Gasteiger partial charge in [-0.2, -0.15) is 0 Å². The zero-order chi connectivity index (χ0) is 13.2. The molecule has 1 aromatic carbocycles. The molecular weight excluding hydrogens is 230 g/mol. The molecule has 0 aliphatic heterocycles. The molecule has 100 valence electrons. The van der Waals surface area contributed by atoms with Gasteiger partial charge in [-0.1, -0.05) is 19.3 Å². The van der Waals surface area contributed by atoms with Crippen molar-refractivity contribution in [2.75, 3.05) is 14.2 Å². The van der Waals surface area contributed by atoms with Crippen LogP contribution in [0.25, 0.3) is 0 Å². The molecule has 0 spiro atoms. The van der Waals surface area contributed by atoms with Crippen LogP contribution in [0.1, 0.15) is 37.7 Å². The first-order valence-electron chi connectivity index (χ1n) is 6.35. The highest BCUT2D eigenvalue weighted by Crippen LogP contribution is 2.43. The first-order chi connectivity index (χ1) is 8.60. The predicted molar refractivity (Wildman–Crippen MR) is 70.2 cm³/mol. The van der Waals surface area contributed by atoms with E-state index in [-0.39, 0.29) is 11.3 Å². The largest absolute Gasteiger partial charge is 0.504 e. The number of ether oxygens (including phenoxy) is 2. The van der Waals surface area contributed by atoms with Crippen LogP contribution >= 0.6 is 0 Å². The Labute approximate surface area is 108 Å². The van der Waals surface area contributed by atoms with E-state index in [0.29, 0.717) is 11.5 Å². The van der Waals surface area contributed by atoms with Crippen molar-refractivity contribution in [3.63, 3.8) is 0 Å². The number of hydrogen-bond donors (Lipinski definition) is 2. The van der Waals surface area contributed by atoms with Gasteiger partial charge in [0.25, 0.3) is 0 Å². The summed E-state index contributed by atoms with van der Waals surface area (Å²) in [5.41, 5.74) is 7.03. The molecule has 0 saturated heterocycles. The number of hydrogen-bond acceptors (Lipinski definition) is 4. The highest BCUT2D eigenvalue weighted by atomic mass is 16.5. The lowest BCUT2D eigenvalue weighted by Crippen LogP contribution is -2.38. The summed E-state index contributed by atoms with van der Waals surface area (Å²) in [6.45, 7) is 0. The van der Waals surface area contributed by atoms with E-state index in [1.165, 1.54) is 13.5 Å². The topological polar surface area (TPSA) is 64.7 Å². The van der Waals surface area contributed by atoms with Crippen molar-refractivity contribution < 1.29 is 14.6 Å². The quantitative estimate of drug-likeness (QED) is 0.866. The summed E-state index contributed by atoms with van der Waals surface area (Å²) in [5.74, 6) is 0.978. The maximum atomic E-state index is 9.99. The van der Waals surface area contributed by atoms with Crippen LogP contribution in [0.2, 0.25) is 0 Å². The van der Waals surface area contributed by atoms with Crippen molar-refractivity contribution in [2.24, 2.45) is 5.73 Å². The van der Waals surface area contributed by atoms with Crippen LogP contribution in [0.5, 0.6) is 17.2 Å². The fourth-order valence-corrected chi connectivity index (χ4v) is 2.70. The molecule has 0 atom stereocenters. The zero-order valence-corrected chi connectivity index (χ0v) is 11.0. The van der Waals surface area contributed by atoms with Gasteiger partial charge in [-0.25, -0.2) is 0 Å². The third kappa shape index (κ3) is 2.25. The Balaban J connectivity index is 2.42. The molecule has 0 aromatic heterocycles. The summed E-state index contributed by atoms with van der Waals surface area (Å²) in [4.78, 5) is 0. The first-order valence-corrected chi connectivity index (χ1v) is 6.35.